The molecule has 55 heavy (non-hydrogen) atoms. The number of methoxy groups -OCH3 is 2. The van der Waals surface area contributed by atoms with Crippen LogP contribution in [-0.2, 0) is 28.7 Å². The van der Waals surface area contributed by atoms with Crippen LogP contribution in [-0.4, -0.2) is 120 Å². The number of carbonyl (C=O) groups is 4. The summed E-state index contributed by atoms with van der Waals surface area (Å²) in [5, 5.41) is 13.8. The number of aliphatic hydroxyl groups is 1. The van der Waals surface area contributed by atoms with Gasteiger partial charge in [0.1, 0.15) is 0 Å². The smallest absolute Gasteiger partial charge is 0.226 e. The summed E-state index contributed by atoms with van der Waals surface area (Å²) in [6, 6.07) is 7.61. The quantitative estimate of drug-likeness (QED) is 0.153. The van der Waals surface area contributed by atoms with Crippen molar-refractivity contribution in [3.05, 3.63) is 35.9 Å². The zero-order chi connectivity index (χ0) is 41.9. The van der Waals surface area contributed by atoms with Crippen molar-refractivity contribution in [3.63, 3.8) is 0 Å². The molecule has 0 aliphatic carbocycles. The molecule has 11 nitrogen and oxygen atoms in total. The Morgan fingerprint density at radius 3 is 2.02 bits per heavy atom. The molecule has 11 heteroatoms. The Labute approximate surface area is 333 Å². The van der Waals surface area contributed by atoms with Gasteiger partial charge in [-0.25, -0.2) is 0 Å². The molecule has 10 atom stereocenters. The molecule has 1 aliphatic heterocycles. The number of nitrogens with one attached hydrogen (secondary N) is 1. The van der Waals surface area contributed by atoms with Gasteiger partial charge in [-0.3, -0.25) is 24.1 Å². The fourth-order valence-corrected chi connectivity index (χ4v) is 8.34. The van der Waals surface area contributed by atoms with Crippen LogP contribution >= 0.6 is 0 Å². The maximum Gasteiger partial charge on any atom is 0.226 e. The van der Waals surface area contributed by atoms with Crippen molar-refractivity contribution in [1.82, 2.24) is 20.0 Å². The number of likely N-dealkylation sites (N-methyl/N-ethyl adjacent to an activating group) is 2. The number of rotatable bonds is 21. The molecule has 2 N–H and O–H groups in total. The second kappa shape index (κ2) is 21.6. The summed E-state index contributed by atoms with van der Waals surface area (Å²) in [5.41, 5.74) is 0.497. The standard InChI is InChI=1S/C44H76N4O7/c1-16-29(6)39(46(12)43(53)33(27(2)3)25-35(49)38(28(4)5)47(13)44(9,10)11)36(54-14)26-37(50)48-24-20-23-34(48)41(55-15)30(7)42(52)45-31(8)40(51)32-21-18-17-19-22-32/h17-19,21-22,27-31,33-34,36,38-41,51H,16,20,23-26H2,1-15H3,(H,45,52)/t29?,30-,31-,33+,34+,36-,38+,39+,40-,41-/m1/s1. The predicted octanol–water partition coefficient (Wildman–Crippen LogP) is 6.13. The average molecular weight is 773 g/mol. The number of aliphatic hydroxyl groups excluding tert-OH is 1. The van der Waals surface area contributed by atoms with Gasteiger partial charge in [-0.1, -0.05) is 85.2 Å². The van der Waals surface area contributed by atoms with Gasteiger partial charge in [0.2, 0.25) is 17.7 Å². The van der Waals surface area contributed by atoms with Crippen LogP contribution in [0.2, 0.25) is 0 Å². The topological polar surface area (TPSA) is 129 Å². The van der Waals surface area contributed by atoms with E-state index in [1.807, 2.05) is 56.1 Å². The number of carbonyl (C=O) groups excluding carboxylic acids is 4. The molecule has 3 amide bonds. The Morgan fingerprint density at radius 2 is 1.53 bits per heavy atom. The summed E-state index contributed by atoms with van der Waals surface area (Å²) >= 11 is 0. The molecular weight excluding hydrogens is 697 g/mol. The molecule has 1 aromatic rings. The number of ketones is 1. The van der Waals surface area contributed by atoms with Crippen LogP contribution in [0.1, 0.15) is 120 Å². The molecule has 0 bridgehead atoms. The third kappa shape index (κ3) is 12.6. The summed E-state index contributed by atoms with van der Waals surface area (Å²) in [5.74, 6) is -1.56. The van der Waals surface area contributed by atoms with E-state index in [0.717, 1.165) is 12.8 Å². The Balaban J connectivity index is 2.28. The van der Waals surface area contributed by atoms with Gasteiger partial charge in [0.25, 0.3) is 0 Å². The molecule has 1 fully saturated rings. The van der Waals surface area contributed by atoms with Crippen molar-refractivity contribution in [1.29, 1.82) is 0 Å². The van der Waals surface area contributed by atoms with E-state index in [4.69, 9.17) is 9.47 Å². The van der Waals surface area contributed by atoms with Gasteiger partial charge in [0.05, 0.1) is 54.8 Å². The van der Waals surface area contributed by atoms with Gasteiger partial charge in [-0.05, 0) is 70.9 Å². The third-order valence-electron chi connectivity index (χ3n) is 12.2. The van der Waals surface area contributed by atoms with E-state index >= 15 is 0 Å². The van der Waals surface area contributed by atoms with E-state index in [1.54, 1.807) is 40.0 Å². The molecule has 1 aromatic carbocycles. The second-order valence-electron chi connectivity index (χ2n) is 17.7. The molecular formula is C44H76N4O7. The Kier molecular flexibility index (Phi) is 19.0. The number of likely N-dealkylation sites (tertiary alicyclic amines) is 1. The largest absolute Gasteiger partial charge is 0.386 e. The minimum atomic E-state index is -0.874. The Bertz CT molecular complexity index is 1370. The van der Waals surface area contributed by atoms with E-state index in [1.165, 1.54) is 0 Å². The zero-order valence-corrected chi connectivity index (χ0v) is 36.8. The SMILES string of the molecule is CCC(C)[C@@H]([C@@H](CC(=O)N1CCC[C@H]1[C@H](OC)[C@@H](C)C(=O)N[C@H](C)[C@@H](O)c1ccccc1)OC)N(C)C(=O)[C@@H](CC(=O)[C@H](C(C)C)N(C)C(C)(C)C)C(C)C. The first-order chi connectivity index (χ1) is 25.6. The highest BCUT2D eigenvalue weighted by Crippen LogP contribution is 2.32. The molecule has 0 aromatic heterocycles. The van der Waals surface area contributed by atoms with Crippen LogP contribution in [0.25, 0.3) is 0 Å². The van der Waals surface area contributed by atoms with Gasteiger partial charge in [0, 0.05) is 45.7 Å². The van der Waals surface area contributed by atoms with E-state index < -0.39 is 42.2 Å². The second-order valence-corrected chi connectivity index (χ2v) is 17.7. The highest BCUT2D eigenvalue weighted by Gasteiger charge is 2.44. The molecule has 2 rings (SSSR count). The number of hydrogen-bond acceptors (Lipinski definition) is 8. The predicted molar refractivity (Wildman–Crippen MR) is 219 cm³/mol. The van der Waals surface area contributed by atoms with Crippen LogP contribution in [0.3, 0.4) is 0 Å². The van der Waals surface area contributed by atoms with Gasteiger partial charge in [0.15, 0.2) is 5.78 Å². The van der Waals surface area contributed by atoms with Crippen molar-refractivity contribution in [2.75, 3.05) is 34.9 Å². The molecule has 1 heterocycles. The summed E-state index contributed by atoms with van der Waals surface area (Å²) < 4.78 is 12.0. The number of benzene rings is 1. The minimum absolute atomic E-state index is 0.00342. The van der Waals surface area contributed by atoms with Crippen molar-refractivity contribution < 1.29 is 33.8 Å². The maximum atomic E-state index is 14.5. The summed E-state index contributed by atoms with van der Waals surface area (Å²) in [6.45, 7) is 22.6. The molecule has 314 valence electrons. The highest BCUT2D eigenvalue weighted by molar-refractivity contribution is 5.90. The molecule has 1 saturated heterocycles. The highest BCUT2D eigenvalue weighted by atomic mass is 16.5. The van der Waals surface area contributed by atoms with Crippen LogP contribution in [0.5, 0.6) is 0 Å². The average Bonchev–Trinajstić information content (AvgIpc) is 3.62. The number of ether oxygens (including phenoxy) is 2. The van der Waals surface area contributed by atoms with Crippen LogP contribution in [0, 0.1) is 29.6 Å². The first kappa shape index (κ1) is 48.3. The van der Waals surface area contributed by atoms with Crippen molar-refractivity contribution in [3.8, 4) is 0 Å². The first-order valence-electron chi connectivity index (χ1n) is 20.5. The van der Waals surface area contributed by atoms with Gasteiger partial charge >= 0.3 is 0 Å². The lowest BCUT2D eigenvalue weighted by atomic mass is 9.83. The van der Waals surface area contributed by atoms with Gasteiger partial charge in [-0.15, -0.1) is 0 Å². The number of nitrogens with zero attached hydrogens (tertiary/aromatic N) is 3. The number of Topliss-reactive ketones (excluding diaryl/α,β-unsaturated/α-hetero) is 1. The van der Waals surface area contributed by atoms with E-state index in [0.29, 0.717) is 18.5 Å². The monoisotopic (exact) mass is 773 g/mol. The van der Waals surface area contributed by atoms with Gasteiger partial charge in [-0.2, -0.15) is 0 Å². The lowest BCUT2D eigenvalue weighted by molar-refractivity contribution is -0.149. The third-order valence-corrected chi connectivity index (χ3v) is 12.2. The zero-order valence-electron chi connectivity index (χ0n) is 36.8. The lowest BCUT2D eigenvalue weighted by Crippen LogP contribution is -2.55. The fraction of sp³-hybridized carbons (Fsp3) is 0.773. The molecule has 0 radical (unpaired) electrons. The minimum Gasteiger partial charge on any atom is -0.386 e. The number of amides is 3. The maximum absolute atomic E-state index is 14.5. The van der Waals surface area contributed by atoms with E-state index in [-0.39, 0.29) is 71.7 Å². The van der Waals surface area contributed by atoms with E-state index in [9.17, 15) is 24.3 Å². The summed E-state index contributed by atoms with van der Waals surface area (Å²) in [6.07, 6.45) is 0.352. The summed E-state index contributed by atoms with van der Waals surface area (Å²) in [4.78, 5) is 61.9. The van der Waals surface area contributed by atoms with Crippen molar-refractivity contribution >= 4 is 23.5 Å². The molecule has 0 spiro atoms. The summed E-state index contributed by atoms with van der Waals surface area (Å²) in [7, 11) is 6.91. The van der Waals surface area contributed by atoms with Crippen LogP contribution in [0.15, 0.2) is 30.3 Å². The molecule has 1 unspecified atom stereocenters. The lowest BCUT2D eigenvalue weighted by Gasteiger charge is -2.42. The Hall–Kier alpha value is -2.86. The van der Waals surface area contributed by atoms with E-state index in [2.05, 4.69) is 58.7 Å². The fourth-order valence-electron chi connectivity index (χ4n) is 8.34. The molecule has 1 aliphatic rings. The van der Waals surface area contributed by atoms with Crippen LogP contribution < -0.4 is 5.32 Å². The number of hydrogen-bond donors (Lipinski definition) is 2. The Morgan fingerprint density at radius 1 is 0.927 bits per heavy atom. The van der Waals surface area contributed by atoms with Crippen LogP contribution in [0.4, 0.5) is 0 Å². The molecule has 0 saturated carbocycles. The normalized spacial score (nSPS) is 20.1. The first-order valence-corrected chi connectivity index (χ1v) is 20.5. The van der Waals surface area contributed by atoms with Gasteiger partial charge < -0.3 is 29.7 Å². The van der Waals surface area contributed by atoms with Crippen molar-refractivity contribution in [2.24, 2.45) is 29.6 Å². The van der Waals surface area contributed by atoms with Crippen molar-refractivity contribution in [2.45, 2.75) is 156 Å².